The van der Waals surface area contributed by atoms with Crippen molar-refractivity contribution in [3.63, 3.8) is 0 Å². The van der Waals surface area contributed by atoms with Gasteiger partial charge in [-0.1, -0.05) is 12.8 Å². The highest BCUT2D eigenvalue weighted by Crippen LogP contribution is 2.43. The van der Waals surface area contributed by atoms with Crippen LogP contribution in [-0.4, -0.2) is 26.6 Å². The van der Waals surface area contributed by atoms with Crippen LogP contribution in [0.5, 0.6) is 0 Å². The monoisotopic (exact) mass is 268 g/mol. The summed E-state index contributed by atoms with van der Waals surface area (Å²) >= 11 is 0. The van der Waals surface area contributed by atoms with E-state index in [0.29, 0.717) is 0 Å². The molecule has 0 bridgehead atoms. The number of hydrogen-bond donors (Lipinski definition) is 2. The van der Waals surface area contributed by atoms with Gasteiger partial charge in [0.2, 0.25) is 5.85 Å². The molecular formula is C12H13FN2O4. The van der Waals surface area contributed by atoms with Crippen molar-refractivity contribution in [1.29, 1.82) is 0 Å². The number of aromatic nitrogens is 2. The average molecular weight is 268 g/mol. The van der Waals surface area contributed by atoms with Crippen molar-refractivity contribution < 1.29 is 14.2 Å². The number of aliphatic hydroxyl groups is 1. The standard InChI is InChI=1S/C12H13FN2O4/c1-3-7-9(17)12(13,4-2)19-10(7)15-6-5-8(16)14-11(15)18/h1,5-7,9-10,17H,4H2,2H3,(H,14,16,18). The maximum atomic E-state index is 14.3. The van der Waals surface area contributed by atoms with E-state index in [9.17, 15) is 19.1 Å². The summed E-state index contributed by atoms with van der Waals surface area (Å²) in [4.78, 5) is 24.7. The Kier molecular flexibility index (Phi) is 3.30. The molecule has 7 heteroatoms. The Bertz CT molecular complexity index is 632. The second-order valence-electron chi connectivity index (χ2n) is 4.30. The maximum Gasteiger partial charge on any atom is 0.330 e. The molecular weight excluding hydrogens is 255 g/mol. The van der Waals surface area contributed by atoms with Crippen LogP contribution in [0.15, 0.2) is 21.9 Å². The first kappa shape index (κ1) is 13.5. The number of nitrogens with one attached hydrogen (secondary N) is 1. The van der Waals surface area contributed by atoms with Crippen molar-refractivity contribution in [1.82, 2.24) is 9.55 Å². The van der Waals surface area contributed by atoms with Crippen LogP contribution in [0, 0.1) is 18.3 Å². The van der Waals surface area contributed by atoms with E-state index >= 15 is 0 Å². The Morgan fingerprint density at radius 2 is 2.37 bits per heavy atom. The molecule has 1 fully saturated rings. The molecule has 1 saturated heterocycles. The third-order valence-electron chi connectivity index (χ3n) is 3.21. The van der Waals surface area contributed by atoms with E-state index in [4.69, 9.17) is 11.2 Å². The summed E-state index contributed by atoms with van der Waals surface area (Å²) in [5.41, 5.74) is -1.36. The third kappa shape index (κ3) is 2.09. The van der Waals surface area contributed by atoms with Gasteiger partial charge in [0.1, 0.15) is 6.10 Å². The molecule has 0 saturated carbocycles. The van der Waals surface area contributed by atoms with Crippen LogP contribution in [0.1, 0.15) is 19.6 Å². The number of ether oxygens (including phenoxy) is 1. The number of halogens is 1. The summed E-state index contributed by atoms with van der Waals surface area (Å²) in [5.74, 6) is -1.10. The Morgan fingerprint density at radius 1 is 1.68 bits per heavy atom. The SMILES string of the molecule is C#CC1C(n2ccc(=O)[nH]c2=O)OC(F)(CC)C1O. The largest absolute Gasteiger partial charge is 0.386 e. The summed E-state index contributed by atoms with van der Waals surface area (Å²) in [6, 6.07) is 1.09. The molecule has 2 heterocycles. The van der Waals surface area contributed by atoms with Gasteiger partial charge in [-0.05, 0) is 0 Å². The highest BCUT2D eigenvalue weighted by molar-refractivity contribution is 5.08. The van der Waals surface area contributed by atoms with Crippen LogP contribution in [0.25, 0.3) is 0 Å². The summed E-state index contributed by atoms with van der Waals surface area (Å²) in [6.07, 6.45) is 3.62. The summed E-state index contributed by atoms with van der Waals surface area (Å²) in [7, 11) is 0. The average Bonchev–Trinajstić information content (AvgIpc) is 2.62. The molecule has 1 aromatic rings. The van der Waals surface area contributed by atoms with Crippen LogP contribution in [-0.2, 0) is 4.74 Å². The van der Waals surface area contributed by atoms with Crippen molar-refractivity contribution >= 4 is 0 Å². The van der Waals surface area contributed by atoms with Gasteiger partial charge in [0.05, 0.1) is 5.92 Å². The number of terminal acetylenes is 1. The summed E-state index contributed by atoms with van der Waals surface area (Å²) < 4.78 is 20.3. The van der Waals surface area contributed by atoms with Crippen molar-refractivity contribution in [2.45, 2.75) is 31.5 Å². The Balaban J connectivity index is 2.48. The second-order valence-corrected chi connectivity index (χ2v) is 4.30. The van der Waals surface area contributed by atoms with Gasteiger partial charge < -0.3 is 9.84 Å². The van der Waals surface area contributed by atoms with Gasteiger partial charge in [0, 0.05) is 18.7 Å². The van der Waals surface area contributed by atoms with Crippen molar-refractivity contribution in [2.75, 3.05) is 0 Å². The van der Waals surface area contributed by atoms with E-state index in [2.05, 4.69) is 5.92 Å². The lowest BCUT2D eigenvalue weighted by atomic mass is 9.98. The maximum absolute atomic E-state index is 14.3. The molecule has 1 aliphatic rings. The van der Waals surface area contributed by atoms with Gasteiger partial charge in [0.25, 0.3) is 5.56 Å². The van der Waals surface area contributed by atoms with Crippen LogP contribution in [0.2, 0.25) is 0 Å². The van der Waals surface area contributed by atoms with Gasteiger partial charge in [0.15, 0.2) is 6.23 Å². The normalized spacial score (nSPS) is 34.1. The van der Waals surface area contributed by atoms with Crippen LogP contribution in [0.4, 0.5) is 4.39 Å². The minimum absolute atomic E-state index is 0.110. The highest BCUT2D eigenvalue weighted by atomic mass is 19.2. The number of rotatable bonds is 2. The van der Waals surface area contributed by atoms with Gasteiger partial charge in [-0.2, -0.15) is 0 Å². The third-order valence-corrected chi connectivity index (χ3v) is 3.21. The zero-order chi connectivity index (χ0) is 14.2. The highest BCUT2D eigenvalue weighted by Gasteiger charge is 2.54. The molecule has 0 amide bonds. The Labute approximate surface area is 107 Å². The van der Waals surface area contributed by atoms with Gasteiger partial charge in [-0.15, -0.1) is 6.42 Å². The first-order valence-electron chi connectivity index (χ1n) is 5.75. The minimum atomic E-state index is -2.31. The lowest BCUT2D eigenvalue weighted by Gasteiger charge is -2.21. The molecule has 6 nitrogen and oxygen atoms in total. The second kappa shape index (κ2) is 4.64. The van der Waals surface area contributed by atoms with E-state index < -0.39 is 35.4 Å². The summed E-state index contributed by atoms with van der Waals surface area (Å²) in [5, 5.41) is 9.86. The molecule has 1 aliphatic heterocycles. The summed E-state index contributed by atoms with van der Waals surface area (Å²) in [6.45, 7) is 1.49. The fourth-order valence-electron chi connectivity index (χ4n) is 2.09. The molecule has 0 spiro atoms. The number of H-pyrrole nitrogens is 1. The number of alkyl halides is 1. The van der Waals surface area contributed by atoms with Gasteiger partial charge in [-0.3, -0.25) is 14.3 Å². The number of nitrogens with zero attached hydrogens (tertiary/aromatic N) is 1. The molecule has 102 valence electrons. The molecule has 2 N–H and O–H groups in total. The van der Waals surface area contributed by atoms with E-state index in [1.165, 1.54) is 6.92 Å². The van der Waals surface area contributed by atoms with Crippen LogP contribution >= 0.6 is 0 Å². The lowest BCUT2D eigenvalue weighted by Crippen LogP contribution is -2.36. The first-order valence-corrected chi connectivity index (χ1v) is 5.75. The van der Waals surface area contributed by atoms with E-state index in [1.54, 1.807) is 0 Å². The van der Waals surface area contributed by atoms with E-state index in [1.807, 2.05) is 4.98 Å². The molecule has 4 unspecified atom stereocenters. The van der Waals surface area contributed by atoms with E-state index in [-0.39, 0.29) is 6.42 Å². The minimum Gasteiger partial charge on any atom is -0.386 e. The van der Waals surface area contributed by atoms with Gasteiger partial charge in [-0.25, -0.2) is 9.18 Å². The van der Waals surface area contributed by atoms with Crippen molar-refractivity contribution in [3.05, 3.63) is 33.1 Å². The predicted octanol–water partition coefficient (Wildman–Crippen LogP) is -0.249. The molecule has 0 aromatic carbocycles. The van der Waals surface area contributed by atoms with Crippen molar-refractivity contribution in [2.24, 2.45) is 5.92 Å². The Hall–Kier alpha value is -1.91. The topological polar surface area (TPSA) is 84.3 Å². The predicted molar refractivity (Wildman–Crippen MR) is 63.9 cm³/mol. The molecule has 4 atom stereocenters. The number of aromatic amines is 1. The van der Waals surface area contributed by atoms with Gasteiger partial charge >= 0.3 is 5.69 Å². The molecule has 2 rings (SSSR count). The Morgan fingerprint density at radius 3 is 2.89 bits per heavy atom. The first-order chi connectivity index (χ1) is 8.92. The fourth-order valence-corrected chi connectivity index (χ4v) is 2.09. The van der Waals surface area contributed by atoms with E-state index in [0.717, 1.165) is 16.8 Å². The van der Waals surface area contributed by atoms with Crippen LogP contribution in [0.3, 0.4) is 0 Å². The molecule has 0 radical (unpaired) electrons. The fraction of sp³-hybridized carbons (Fsp3) is 0.500. The number of aliphatic hydroxyl groups excluding tert-OH is 1. The molecule has 1 aromatic heterocycles. The zero-order valence-electron chi connectivity index (χ0n) is 10.2. The smallest absolute Gasteiger partial charge is 0.330 e. The van der Waals surface area contributed by atoms with Crippen LogP contribution < -0.4 is 11.2 Å². The zero-order valence-corrected chi connectivity index (χ0v) is 10.2. The quantitative estimate of drug-likeness (QED) is 0.724. The molecule has 19 heavy (non-hydrogen) atoms. The number of hydrogen-bond acceptors (Lipinski definition) is 4. The van der Waals surface area contributed by atoms with Crippen molar-refractivity contribution in [3.8, 4) is 12.3 Å². The lowest BCUT2D eigenvalue weighted by molar-refractivity contribution is -0.188. The molecule has 0 aliphatic carbocycles.